The quantitative estimate of drug-likeness (QED) is 0.610. The number of aryl methyl sites for hydroxylation is 1. The molecule has 2 N–H and O–H groups in total. The number of hydrogen-bond donors (Lipinski definition) is 2. The van der Waals surface area contributed by atoms with Gasteiger partial charge in [0.2, 0.25) is 15.9 Å². The molecule has 2 rings (SSSR count). The Hall–Kier alpha value is -1.83. The minimum absolute atomic E-state index is 0.0829. The first kappa shape index (κ1) is 20.5. The number of carbonyl (C=O) groups is 1. The normalized spacial score (nSPS) is 11.3. The molecule has 0 aliphatic rings. The lowest BCUT2D eigenvalue weighted by atomic mass is 10.2. The van der Waals surface area contributed by atoms with Gasteiger partial charge in [0.1, 0.15) is 0 Å². The number of sulfonamides is 1. The SMILES string of the molecule is Cc1ccc(CSCCNC(=O)CCNS(=O)(=O)c2ccccc2)cc1. The zero-order chi connectivity index (χ0) is 18.8. The number of rotatable bonds is 10. The van der Waals surface area contributed by atoms with Crippen LogP contribution in [0.4, 0.5) is 0 Å². The molecule has 0 unspecified atom stereocenters. The topological polar surface area (TPSA) is 75.3 Å². The van der Waals surface area contributed by atoms with E-state index in [-0.39, 0.29) is 23.8 Å². The molecule has 0 spiro atoms. The van der Waals surface area contributed by atoms with Crippen molar-refractivity contribution in [2.45, 2.75) is 24.0 Å². The maximum atomic E-state index is 12.0. The van der Waals surface area contributed by atoms with Crippen LogP contribution < -0.4 is 10.0 Å². The van der Waals surface area contributed by atoms with Crippen LogP contribution in [0.1, 0.15) is 17.5 Å². The van der Waals surface area contributed by atoms with Crippen LogP contribution in [0.2, 0.25) is 0 Å². The Bertz CT molecular complexity index is 791. The number of thioether (sulfide) groups is 1. The highest BCUT2D eigenvalue weighted by Gasteiger charge is 2.13. The molecular weight excluding hydrogens is 368 g/mol. The van der Waals surface area contributed by atoms with Crippen LogP contribution in [0.15, 0.2) is 59.5 Å². The fraction of sp³-hybridized carbons (Fsp3) is 0.316. The number of carbonyl (C=O) groups excluding carboxylic acids is 1. The second-order valence-corrected chi connectivity index (χ2v) is 8.72. The third kappa shape index (κ3) is 7.19. The first-order chi connectivity index (χ1) is 12.5. The average Bonchev–Trinajstić information content (AvgIpc) is 2.63. The lowest BCUT2D eigenvalue weighted by Crippen LogP contribution is -2.31. The minimum Gasteiger partial charge on any atom is -0.355 e. The van der Waals surface area contributed by atoms with Crippen LogP contribution in [0, 0.1) is 6.92 Å². The van der Waals surface area contributed by atoms with Crippen LogP contribution in [0.3, 0.4) is 0 Å². The molecule has 0 saturated carbocycles. The summed E-state index contributed by atoms with van der Waals surface area (Å²) in [5, 5.41) is 2.81. The molecule has 0 aromatic heterocycles. The van der Waals surface area contributed by atoms with Gasteiger partial charge in [-0.15, -0.1) is 0 Å². The molecule has 0 heterocycles. The summed E-state index contributed by atoms with van der Waals surface area (Å²) in [6, 6.07) is 16.5. The molecule has 0 aliphatic carbocycles. The molecule has 0 fully saturated rings. The van der Waals surface area contributed by atoms with E-state index in [1.54, 1.807) is 30.0 Å². The smallest absolute Gasteiger partial charge is 0.240 e. The Morgan fingerprint density at radius 2 is 1.69 bits per heavy atom. The molecule has 0 aliphatic heterocycles. The van der Waals surface area contributed by atoms with E-state index in [9.17, 15) is 13.2 Å². The van der Waals surface area contributed by atoms with Crippen molar-refractivity contribution < 1.29 is 13.2 Å². The predicted octanol–water partition coefficient (Wildman–Crippen LogP) is 2.71. The van der Waals surface area contributed by atoms with E-state index in [0.717, 1.165) is 11.5 Å². The van der Waals surface area contributed by atoms with Gasteiger partial charge >= 0.3 is 0 Å². The highest BCUT2D eigenvalue weighted by atomic mass is 32.2. The van der Waals surface area contributed by atoms with Crippen LogP contribution in [-0.2, 0) is 20.6 Å². The number of nitrogens with one attached hydrogen (secondary N) is 2. The Morgan fingerprint density at radius 3 is 2.38 bits per heavy atom. The lowest BCUT2D eigenvalue weighted by Gasteiger charge is -2.08. The zero-order valence-corrected chi connectivity index (χ0v) is 16.4. The number of benzene rings is 2. The summed E-state index contributed by atoms with van der Waals surface area (Å²) >= 11 is 1.75. The maximum absolute atomic E-state index is 12.0. The molecule has 1 amide bonds. The Kier molecular flexibility index (Phi) is 8.15. The van der Waals surface area contributed by atoms with E-state index in [2.05, 4.69) is 41.2 Å². The van der Waals surface area contributed by atoms with Gasteiger partial charge in [0.05, 0.1) is 4.90 Å². The van der Waals surface area contributed by atoms with Gasteiger partial charge in [-0.25, -0.2) is 13.1 Å². The summed E-state index contributed by atoms with van der Waals surface area (Å²) in [5.41, 5.74) is 2.51. The van der Waals surface area contributed by atoms with Crippen LogP contribution in [0.25, 0.3) is 0 Å². The lowest BCUT2D eigenvalue weighted by molar-refractivity contribution is -0.120. The molecule has 2 aromatic rings. The van der Waals surface area contributed by atoms with Gasteiger partial charge < -0.3 is 5.32 Å². The fourth-order valence-electron chi connectivity index (χ4n) is 2.21. The zero-order valence-electron chi connectivity index (χ0n) is 14.8. The largest absolute Gasteiger partial charge is 0.355 e. The summed E-state index contributed by atoms with van der Waals surface area (Å²) in [6.45, 7) is 2.72. The summed E-state index contributed by atoms with van der Waals surface area (Å²) in [4.78, 5) is 12.0. The number of hydrogen-bond acceptors (Lipinski definition) is 4. The van der Waals surface area contributed by atoms with Gasteiger partial charge in [0, 0.05) is 31.0 Å². The Balaban J connectivity index is 1.58. The van der Waals surface area contributed by atoms with Crippen molar-refractivity contribution >= 4 is 27.7 Å². The summed E-state index contributed by atoms with van der Waals surface area (Å²) in [6.07, 6.45) is 0.120. The van der Waals surface area contributed by atoms with Gasteiger partial charge in [0.25, 0.3) is 0 Å². The highest BCUT2D eigenvalue weighted by molar-refractivity contribution is 7.98. The summed E-state index contributed by atoms with van der Waals surface area (Å²) in [5.74, 6) is 1.57. The molecule has 0 atom stereocenters. The highest BCUT2D eigenvalue weighted by Crippen LogP contribution is 2.12. The fourth-order valence-corrected chi connectivity index (χ4v) is 4.08. The maximum Gasteiger partial charge on any atom is 0.240 e. The molecule has 5 nitrogen and oxygen atoms in total. The van der Waals surface area contributed by atoms with Gasteiger partial charge in [0.15, 0.2) is 0 Å². The van der Waals surface area contributed by atoms with E-state index in [0.29, 0.717) is 6.54 Å². The Morgan fingerprint density at radius 1 is 1.00 bits per heavy atom. The predicted molar refractivity (Wildman–Crippen MR) is 107 cm³/mol. The van der Waals surface area contributed by atoms with E-state index in [4.69, 9.17) is 0 Å². The van der Waals surface area contributed by atoms with E-state index < -0.39 is 10.0 Å². The molecule has 2 aromatic carbocycles. The second kappa shape index (κ2) is 10.4. The molecular formula is C19H24N2O3S2. The monoisotopic (exact) mass is 392 g/mol. The number of amides is 1. The van der Waals surface area contributed by atoms with Crippen molar-refractivity contribution in [1.82, 2.24) is 10.0 Å². The van der Waals surface area contributed by atoms with Crippen LogP contribution in [-0.4, -0.2) is 33.2 Å². The van der Waals surface area contributed by atoms with Crippen molar-refractivity contribution in [3.8, 4) is 0 Å². The molecule has 0 bridgehead atoms. The van der Waals surface area contributed by atoms with E-state index in [1.807, 2.05) is 0 Å². The van der Waals surface area contributed by atoms with Crippen molar-refractivity contribution in [3.63, 3.8) is 0 Å². The van der Waals surface area contributed by atoms with Crippen molar-refractivity contribution in [2.24, 2.45) is 0 Å². The van der Waals surface area contributed by atoms with Crippen molar-refractivity contribution in [1.29, 1.82) is 0 Å². The molecule has 0 saturated heterocycles. The summed E-state index contributed by atoms with van der Waals surface area (Å²) < 4.78 is 26.5. The van der Waals surface area contributed by atoms with Gasteiger partial charge in [-0.2, -0.15) is 11.8 Å². The molecule has 140 valence electrons. The molecule has 0 radical (unpaired) electrons. The molecule has 26 heavy (non-hydrogen) atoms. The van der Waals surface area contributed by atoms with Crippen LogP contribution in [0.5, 0.6) is 0 Å². The van der Waals surface area contributed by atoms with Gasteiger partial charge in [-0.05, 0) is 24.6 Å². The Labute approximate surface area is 159 Å². The first-order valence-electron chi connectivity index (χ1n) is 8.42. The summed E-state index contributed by atoms with van der Waals surface area (Å²) in [7, 11) is -3.55. The van der Waals surface area contributed by atoms with E-state index in [1.165, 1.54) is 23.3 Å². The first-order valence-corrected chi connectivity index (χ1v) is 11.1. The van der Waals surface area contributed by atoms with E-state index >= 15 is 0 Å². The van der Waals surface area contributed by atoms with Gasteiger partial charge in [-0.1, -0.05) is 48.0 Å². The standard InChI is InChI=1S/C19H24N2O3S2/c1-16-7-9-17(10-8-16)15-25-14-13-20-19(22)11-12-21-26(23,24)18-5-3-2-4-6-18/h2-10,21H,11-15H2,1H3,(H,20,22). The second-order valence-electron chi connectivity index (χ2n) is 5.85. The third-order valence-electron chi connectivity index (χ3n) is 3.66. The van der Waals surface area contributed by atoms with Crippen LogP contribution >= 0.6 is 11.8 Å². The van der Waals surface area contributed by atoms with Crippen molar-refractivity contribution in [3.05, 3.63) is 65.7 Å². The van der Waals surface area contributed by atoms with Gasteiger partial charge in [-0.3, -0.25) is 4.79 Å². The van der Waals surface area contributed by atoms with Crippen molar-refractivity contribution in [2.75, 3.05) is 18.8 Å². The minimum atomic E-state index is -3.55. The third-order valence-corrected chi connectivity index (χ3v) is 6.16. The average molecular weight is 393 g/mol. The molecule has 7 heteroatoms.